The van der Waals surface area contributed by atoms with E-state index in [-0.39, 0.29) is 28.4 Å². The van der Waals surface area contributed by atoms with Gasteiger partial charge in [0, 0.05) is 23.3 Å². The summed E-state index contributed by atoms with van der Waals surface area (Å²) in [5.41, 5.74) is 0.680. The first-order valence-electron chi connectivity index (χ1n) is 14.0. The third-order valence-corrected chi connectivity index (χ3v) is 8.82. The normalized spacial score (nSPS) is 23.9. The number of nitrogens with zero attached hydrogens (tertiary/aromatic N) is 2. The van der Waals surface area contributed by atoms with Gasteiger partial charge in [-0.1, -0.05) is 57.6 Å². The molecule has 0 N–H and O–H groups in total. The van der Waals surface area contributed by atoms with Gasteiger partial charge < -0.3 is 0 Å². The van der Waals surface area contributed by atoms with Crippen LogP contribution >= 0.6 is 0 Å². The summed E-state index contributed by atoms with van der Waals surface area (Å²) < 4.78 is 0. The standard InChI is InChI=1S/C30H38N2O5/c1-2-3-4-6-21-9-11-22(12-10-21)23-13-15-24(16-14-23)27-7-5-8-28(29(27)32(36)37)30(33)25-17-19-26(20-18-25)31(34)35/h5,7-8,17-24H,2-4,6,9-16H2,1H3. The summed E-state index contributed by atoms with van der Waals surface area (Å²) in [6.07, 6.45) is 14.7. The number of nitro benzene ring substituents is 2. The minimum absolute atomic E-state index is 0.0554. The predicted molar refractivity (Wildman–Crippen MR) is 144 cm³/mol. The summed E-state index contributed by atoms with van der Waals surface area (Å²) in [5, 5.41) is 23.1. The maximum Gasteiger partial charge on any atom is 0.283 e. The first-order valence-corrected chi connectivity index (χ1v) is 14.0. The topological polar surface area (TPSA) is 103 Å². The minimum atomic E-state index is -0.535. The zero-order chi connectivity index (χ0) is 26.4. The second kappa shape index (κ2) is 12.4. The van der Waals surface area contributed by atoms with Crippen molar-refractivity contribution in [1.29, 1.82) is 0 Å². The van der Waals surface area contributed by atoms with Crippen LogP contribution in [0, 0.1) is 38.0 Å². The SMILES string of the molecule is CCCCCC1CCC(C2CCC(c3cccc(C(=O)c4ccc([N+](=O)[O-])cc4)c3[N+](=O)[O-])CC2)CC1. The molecule has 37 heavy (non-hydrogen) atoms. The van der Waals surface area contributed by atoms with Gasteiger partial charge in [0.25, 0.3) is 11.4 Å². The maximum absolute atomic E-state index is 13.2. The molecule has 0 amide bonds. The molecule has 2 fully saturated rings. The molecule has 2 aromatic carbocycles. The Morgan fingerprint density at radius 3 is 2.00 bits per heavy atom. The van der Waals surface area contributed by atoms with E-state index in [0.29, 0.717) is 11.5 Å². The van der Waals surface area contributed by atoms with Crippen molar-refractivity contribution in [2.24, 2.45) is 17.8 Å². The average molecular weight is 507 g/mol. The van der Waals surface area contributed by atoms with Crippen LogP contribution in [-0.4, -0.2) is 15.6 Å². The van der Waals surface area contributed by atoms with Gasteiger partial charge in [0.2, 0.25) is 0 Å². The molecule has 0 unspecified atom stereocenters. The zero-order valence-corrected chi connectivity index (χ0v) is 21.8. The number of nitro groups is 2. The van der Waals surface area contributed by atoms with Crippen molar-refractivity contribution in [3.05, 3.63) is 79.4 Å². The summed E-state index contributed by atoms with van der Waals surface area (Å²) in [6, 6.07) is 10.3. The monoisotopic (exact) mass is 506 g/mol. The van der Waals surface area contributed by atoms with Gasteiger partial charge in [-0.15, -0.1) is 0 Å². The molecule has 0 bridgehead atoms. The van der Waals surface area contributed by atoms with E-state index >= 15 is 0 Å². The predicted octanol–water partition coefficient (Wildman–Crippen LogP) is 8.39. The van der Waals surface area contributed by atoms with E-state index < -0.39 is 15.6 Å². The molecular weight excluding hydrogens is 468 g/mol. The number of hydrogen-bond acceptors (Lipinski definition) is 5. The molecule has 0 aromatic heterocycles. The lowest BCUT2D eigenvalue weighted by atomic mass is 9.67. The van der Waals surface area contributed by atoms with Crippen molar-refractivity contribution in [2.45, 2.75) is 89.9 Å². The van der Waals surface area contributed by atoms with E-state index in [9.17, 15) is 25.0 Å². The highest BCUT2D eigenvalue weighted by molar-refractivity contribution is 6.11. The number of rotatable bonds is 10. The lowest BCUT2D eigenvalue weighted by molar-refractivity contribution is -0.386. The Morgan fingerprint density at radius 2 is 1.43 bits per heavy atom. The molecule has 0 atom stereocenters. The lowest BCUT2D eigenvalue weighted by Crippen LogP contribution is -2.25. The van der Waals surface area contributed by atoms with Gasteiger partial charge in [-0.3, -0.25) is 25.0 Å². The van der Waals surface area contributed by atoms with Crippen LogP contribution in [0.2, 0.25) is 0 Å². The van der Waals surface area contributed by atoms with Gasteiger partial charge in [0.05, 0.1) is 9.85 Å². The van der Waals surface area contributed by atoms with Crippen molar-refractivity contribution in [1.82, 2.24) is 0 Å². The van der Waals surface area contributed by atoms with Crippen LogP contribution in [-0.2, 0) is 0 Å². The van der Waals surface area contributed by atoms with Crippen molar-refractivity contribution in [3.8, 4) is 0 Å². The van der Waals surface area contributed by atoms with Crippen LogP contribution < -0.4 is 0 Å². The highest BCUT2D eigenvalue weighted by Gasteiger charge is 2.35. The second-order valence-corrected chi connectivity index (χ2v) is 11.0. The van der Waals surface area contributed by atoms with Gasteiger partial charge in [-0.2, -0.15) is 0 Å². The number of non-ortho nitro benzene ring substituents is 1. The summed E-state index contributed by atoms with van der Waals surface area (Å²) in [5.74, 6) is 1.99. The molecule has 2 saturated carbocycles. The minimum Gasteiger partial charge on any atom is -0.288 e. The van der Waals surface area contributed by atoms with E-state index in [4.69, 9.17) is 0 Å². The van der Waals surface area contributed by atoms with E-state index in [2.05, 4.69) is 6.92 Å². The van der Waals surface area contributed by atoms with Gasteiger partial charge in [0.1, 0.15) is 5.56 Å². The summed E-state index contributed by atoms with van der Waals surface area (Å²) in [6.45, 7) is 2.26. The van der Waals surface area contributed by atoms with Gasteiger partial charge in [0.15, 0.2) is 5.78 Å². The third-order valence-electron chi connectivity index (χ3n) is 8.82. The Kier molecular flexibility index (Phi) is 9.06. The lowest BCUT2D eigenvalue weighted by Gasteiger charge is -2.38. The van der Waals surface area contributed by atoms with Gasteiger partial charge in [-0.05, 0) is 80.4 Å². The first-order chi connectivity index (χ1) is 17.9. The molecule has 2 aromatic rings. The van der Waals surface area contributed by atoms with Crippen molar-refractivity contribution < 1.29 is 14.6 Å². The number of carbonyl (C=O) groups excluding carboxylic acids is 1. The highest BCUT2D eigenvalue weighted by atomic mass is 16.6. The maximum atomic E-state index is 13.2. The molecule has 0 radical (unpaired) electrons. The van der Waals surface area contributed by atoms with Gasteiger partial charge in [-0.25, -0.2) is 0 Å². The fourth-order valence-electron chi connectivity index (χ4n) is 6.70. The summed E-state index contributed by atoms with van der Waals surface area (Å²) in [4.78, 5) is 35.3. The number of hydrogen-bond donors (Lipinski definition) is 0. The van der Waals surface area contributed by atoms with E-state index in [0.717, 1.165) is 37.5 Å². The molecule has 0 aliphatic heterocycles. The molecule has 7 nitrogen and oxygen atoms in total. The van der Waals surface area contributed by atoms with E-state index in [1.165, 1.54) is 81.7 Å². The Labute approximate surface area is 219 Å². The van der Waals surface area contributed by atoms with Crippen molar-refractivity contribution in [2.75, 3.05) is 0 Å². The Hall–Kier alpha value is -3.09. The van der Waals surface area contributed by atoms with Gasteiger partial charge >= 0.3 is 0 Å². The van der Waals surface area contributed by atoms with E-state index in [1.54, 1.807) is 12.1 Å². The molecular formula is C30H38N2O5. The van der Waals surface area contributed by atoms with Crippen LogP contribution in [0.15, 0.2) is 42.5 Å². The number of para-hydroxylation sites is 1. The Balaban J connectivity index is 1.42. The zero-order valence-electron chi connectivity index (χ0n) is 21.8. The second-order valence-electron chi connectivity index (χ2n) is 11.0. The third kappa shape index (κ3) is 6.43. The molecule has 4 rings (SSSR count). The van der Waals surface area contributed by atoms with Crippen LogP contribution in [0.5, 0.6) is 0 Å². The smallest absolute Gasteiger partial charge is 0.283 e. The quantitative estimate of drug-likeness (QED) is 0.139. The molecule has 2 aliphatic carbocycles. The largest absolute Gasteiger partial charge is 0.288 e. The summed E-state index contributed by atoms with van der Waals surface area (Å²) >= 11 is 0. The van der Waals surface area contributed by atoms with Crippen LogP contribution in [0.1, 0.15) is 111 Å². The fraction of sp³-hybridized carbons (Fsp3) is 0.567. The molecule has 198 valence electrons. The first kappa shape index (κ1) is 27.0. The molecule has 7 heteroatoms. The van der Waals surface area contributed by atoms with Crippen molar-refractivity contribution in [3.63, 3.8) is 0 Å². The molecule has 0 heterocycles. The molecule has 0 saturated heterocycles. The number of ketones is 1. The van der Waals surface area contributed by atoms with Crippen molar-refractivity contribution >= 4 is 17.2 Å². The van der Waals surface area contributed by atoms with E-state index in [1.807, 2.05) is 0 Å². The van der Waals surface area contributed by atoms with Crippen LogP contribution in [0.3, 0.4) is 0 Å². The van der Waals surface area contributed by atoms with Crippen LogP contribution in [0.4, 0.5) is 11.4 Å². The fourth-order valence-corrected chi connectivity index (χ4v) is 6.70. The molecule has 0 spiro atoms. The number of carbonyl (C=O) groups is 1. The Bertz CT molecular complexity index is 1100. The summed E-state index contributed by atoms with van der Waals surface area (Å²) in [7, 11) is 0. The highest BCUT2D eigenvalue weighted by Crippen LogP contribution is 2.46. The average Bonchev–Trinajstić information content (AvgIpc) is 2.93. The molecule has 2 aliphatic rings. The Morgan fingerprint density at radius 1 is 0.811 bits per heavy atom. The number of benzene rings is 2. The number of unbranched alkanes of at least 4 members (excludes halogenated alkanes) is 2. The van der Waals surface area contributed by atoms with Crippen LogP contribution in [0.25, 0.3) is 0 Å².